The minimum Gasteiger partial charge on any atom is -0.550 e. The smallest absolute Gasteiger partial charge is 0.550 e. The number of amides is 2. The minimum atomic E-state index is -1.08. The van der Waals surface area contributed by atoms with Crippen molar-refractivity contribution in [1.82, 2.24) is 25.8 Å². The molecule has 3 aromatic heterocycles. The van der Waals surface area contributed by atoms with Gasteiger partial charge in [0.15, 0.2) is 0 Å². The summed E-state index contributed by atoms with van der Waals surface area (Å²) in [6, 6.07) is 11.7. The Balaban J connectivity index is 0.00000142. The van der Waals surface area contributed by atoms with E-state index < -0.39 is 11.9 Å². The molecule has 0 atom stereocenters. The van der Waals surface area contributed by atoms with Crippen LogP contribution in [0.25, 0.3) is 0 Å². The molecular formula is C25H25N7O6Zn. The van der Waals surface area contributed by atoms with Gasteiger partial charge < -0.3 is 19.8 Å². The fraction of sp³-hybridized carbons (Fsp3) is 0.160. The normalized spacial score (nSPS) is 10.3. The van der Waals surface area contributed by atoms with Crippen LogP contribution < -0.4 is 21.1 Å². The van der Waals surface area contributed by atoms with Gasteiger partial charge in [0.1, 0.15) is 0 Å². The Morgan fingerprint density at radius 1 is 0.641 bits per heavy atom. The molecule has 2 amide bonds. The maximum Gasteiger partial charge on any atom is 2.00 e. The van der Waals surface area contributed by atoms with Gasteiger partial charge in [-0.05, 0) is 64.1 Å². The predicted octanol–water partition coefficient (Wildman–Crippen LogP) is -0.310. The summed E-state index contributed by atoms with van der Waals surface area (Å²) in [6.07, 6.45) is 6.14. The Labute approximate surface area is 237 Å². The van der Waals surface area contributed by atoms with E-state index in [-0.39, 0.29) is 31.3 Å². The van der Waals surface area contributed by atoms with Crippen molar-refractivity contribution in [2.24, 2.45) is 10.2 Å². The number of hydrogen-bond acceptors (Lipinski definition) is 11. The van der Waals surface area contributed by atoms with Gasteiger partial charge in [-0.1, -0.05) is 6.07 Å². The van der Waals surface area contributed by atoms with Gasteiger partial charge in [-0.25, -0.2) is 15.8 Å². The van der Waals surface area contributed by atoms with Gasteiger partial charge in [0.2, 0.25) is 0 Å². The van der Waals surface area contributed by atoms with Gasteiger partial charge in [-0.3, -0.25) is 19.6 Å². The summed E-state index contributed by atoms with van der Waals surface area (Å²) in [5.41, 5.74) is 8.07. The summed E-state index contributed by atoms with van der Waals surface area (Å²) in [5, 5.41) is 26.0. The molecule has 0 aliphatic heterocycles. The van der Waals surface area contributed by atoms with Crippen LogP contribution in [0.5, 0.6) is 0 Å². The maximum absolute atomic E-state index is 12.1. The average molecular weight is 585 g/mol. The first-order valence-corrected chi connectivity index (χ1v) is 10.8. The first-order chi connectivity index (χ1) is 18.0. The van der Waals surface area contributed by atoms with Crippen LogP contribution in [-0.4, -0.2) is 50.1 Å². The molecule has 0 aliphatic rings. The van der Waals surface area contributed by atoms with Crippen LogP contribution >= 0.6 is 0 Å². The Morgan fingerprint density at radius 3 is 1.26 bits per heavy atom. The monoisotopic (exact) mass is 583 g/mol. The quantitative estimate of drug-likeness (QED) is 0.221. The van der Waals surface area contributed by atoms with E-state index in [1.54, 1.807) is 56.3 Å². The molecule has 2 N–H and O–H groups in total. The minimum absolute atomic E-state index is 0. The number of carboxylic acids is 2. The molecule has 3 heterocycles. The van der Waals surface area contributed by atoms with Crippen LogP contribution in [0.3, 0.4) is 0 Å². The number of aromatic nitrogens is 3. The van der Waals surface area contributed by atoms with Gasteiger partial charge >= 0.3 is 19.5 Å². The number of pyridine rings is 3. The van der Waals surface area contributed by atoms with Gasteiger partial charge in [0, 0.05) is 47.9 Å². The van der Waals surface area contributed by atoms with Crippen LogP contribution in [0.1, 0.15) is 59.8 Å². The van der Waals surface area contributed by atoms with Crippen LogP contribution in [0, 0.1) is 0 Å². The molecule has 0 aromatic carbocycles. The predicted molar refractivity (Wildman–Crippen MR) is 133 cm³/mol. The molecular weight excluding hydrogens is 560 g/mol. The van der Waals surface area contributed by atoms with Crippen molar-refractivity contribution in [2.75, 3.05) is 0 Å². The van der Waals surface area contributed by atoms with Crippen molar-refractivity contribution in [3.63, 3.8) is 0 Å². The molecule has 198 valence electrons. The summed E-state index contributed by atoms with van der Waals surface area (Å²) in [4.78, 5) is 54.2. The Bertz CT molecular complexity index is 1200. The van der Waals surface area contributed by atoms with E-state index in [2.05, 4.69) is 36.0 Å². The zero-order chi connectivity index (χ0) is 28.5. The first kappa shape index (κ1) is 34.3. The van der Waals surface area contributed by atoms with Crippen molar-refractivity contribution in [3.8, 4) is 0 Å². The molecule has 3 rings (SSSR count). The van der Waals surface area contributed by atoms with E-state index in [1.807, 2.05) is 0 Å². The summed E-state index contributed by atoms with van der Waals surface area (Å²) >= 11 is 0. The van der Waals surface area contributed by atoms with Crippen LogP contribution in [-0.2, 0) is 29.1 Å². The molecule has 0 radical (unpaired) electrons. The zero-order valence-electron chi connectivity index (χ0n) is 21.7. The van der Waals surface area contributed by atoms with E-state index in [9.17, 15) is 9.59 Å². The number of aliphatic carboxylic acids is 2. The van der Waals surface area contributed by atoms with E-state index >= 15 is 0 Å². The summed E-state index contributed by atoms with van der Waals surface area (Å²) < 4.78 is 0. The second-order valence-electron chi connectivity index (χ2n) is 7.14. The van der Waals surface area contributed by atoms with E-state index in [1.165, 1.54) is 24.8 Å². The number of hydrazone groups is 2. The van der Waals surface area contributed by atoms with Crippen molar-refractivity contribution in [1.29, 1.82) is 0 Å². The van der Waals surface area contributed by atoms with E-state index in [4.69, 9.17) is 19.8 Å². The Morgan fingerprint density at radius 2 is 0.949 bits per heavy atom. The van der Waals surface area contributed by atoms with Gasteiger partial charge in [0.25, 0.3) is 11.8 Å². The molecule has 0 bridgehead atoms. The number of carbonyl (C=O) groups is 4. The Kier molecular flexibility index (Phi) is 16.3. The molecule has 0 aliphatic carbocycles. The average Bonchev–Trinajstić information content (AvgIpc) is 2.90. The van der Waals surface area contributed by atoms with Gasteiger partial charge in [-0.15, -0.1) is 0 Å². The molecule has 39 heavy (non-hydrogen) atoms. The molecule has 14 heteroatoms. The zero-order valence-corrected chi connectivity index (χ0v) is 24.7. The number of hydrogen-bond donors (Lipinski definition) is 2. The number of carboxylic acid groups (broad SMARTS) is 2. The van der Waals surface area contributed by atoms with Gasteiger partial charge in [-0.2, -0.15) is 10.2 Å². The first-order valence-electron chi connectivity index (χ1n) is 10.8. The fourth-order valence-corrected chi connectivity index (χ4v) is 2.36. The standard InChI is InChI=1S/C21H19N7O2.2C2H4O2.Zn/c1-14(25-27-20(29)16-6-10-22-11-7-16)18-4-3-5-19(24-18)15(2)26-28-21(30)17-8-12-23-13-9-17;2*1-2(3)4;/h3-13H,1-2H3,(H,27,29)(H,28,30);2*1H3,(H,3,4);/q;;;+2/p-2/b25-14+,26-15+;;;. The SMILES string of the molecule is C/C(=N\NC(=O)c1ccncc1)c1cccc(/C(C)=N/NC(=O)c2ccncc2)n1.CC(=O)[O-].CC(=O)[O-].[Zn+2]. The number of carbonyl (C=O) groups excluding carboxylic acids is 4. The third-order valence-electron chi connectivity index (χ3n) is 4.03. The second kappa shape index (κ2) is 18.5. The molecule has 0 spiro atoms. The molecule has 0 saturated carbocycles. The second-order valence-corrected chi connectivity index (χ2v) is 7.14. The topological polar surface area (TPSA) is 202 Å². The van der Waals surface area contributed by atoms with E-state index in [0.29, 0.717) is 33.9 Å². The summed E-state index contributed by atoms with van der Waals surface area (Å²) in [7, 11) is 0. The third-order valence-corrected chi connectivity index (χ3v) is 4.03. The molecule has 0 saturated heterocycles. The van der Waals surface area contributed by atoms with Crippen molar-refractivity contribution < 1.29 is 48.9 Å². The molecule has 0 fully saturated rings. The molecule has 0 unspecified atom stereocenters. The van der Waals surface area contributed by atoms with E-state index in [0.717, 1.165) is 13.8 Å². The van der Waals surface area contributed by atoms with Crippen molar-refractivity contribution >= 4 is 35.2 Å². The fourth-order valence-electron chi connectivity index (χ4n) is 2.36. The number of nitrogens with one attached hydrogen (secondary N) is 2. The van der Waals surface area contributed by atoms with Crippen molar-refractivity contribution in [3.05, 3.63) is 89.8 Å². The molecule has 3 aromatic rings. The largest absolute Gasteiger partial charge is 2.00 e. The summed E-state index contributed by atoms with van der Waals surface area (Å²) in [5.74, 6) is -2.85. The number of nitrogens with zero attached hydrogens (tertiary/aromatic N) is 5. The maximum atomic E-state index is 12.1. The van der Waals surface area contributed by atoms with Gasteiger partial charge in [0.05, 0.1) is 22.8 Å². The van der Waals surface area contributed by atoms with Crippen LogP contribution in [0.4, 0.5) is 0 Å². The Hall–Kier alpha value is -4.71. The van der Waals surface area contributed by atoms with Crippen LogP contribution in [0.2, 0.25) is 0 Å². The third kappa shape index (κ3) is 14.6. The van der Waals surface area contributed by atoms with Crippen molar-refractivity contribution in [2.45, 2.75) is 27.7 Å². The van der Waals surface area contributed by atoms with Crippen LogP contribution in [0.15, 0.2) is 77.5 Å². The molecule has 13 nitrogen and oxygen atoms in total. The summed E-state index contributed by atoms with van der Waals surface area (Å²) in [6.45, 7) is 5.41. The number of rotatable bonds is 6.